The minimum Gasteiger partial charge on any atom is -0.370 e. The molecule has 1 saturated heterocycles. The Hall–Kier alpha value is -1.69. The summed E-state index contributed by atoms with van der Waals surface area (Å²) >= 11 is 1.98. The first-order valence-corrected chi connectivity index (χ1v) is 8.44. The van der Waals surface area contributed by atoms with E-state index >= 15 is 0 Å². The average molecular weight is 303 g/mol. The molecule has 0 aliphatic carbocycles. The zero-order valence-corrected chi connectivity index (χ0v) is 13.1. The lowest BCUT2D eigenvalue weighted by molar-refractivity contribution is 0.456. The minimum absolute atomic E-state index is 0.676. The molecule has 21 heavy (non-hydrogen) atoms. The Morgan fingerprint density at radius 2 is 2.10 bits per heavy atom. The summed E-state index contributed by atoms with van der Waals surface area (Å²) in [5.41, 5.74) is 8.33. The molecule has 0 amide bonds. The second-order valence-corrected chi connectivity index (χ2v) is 6.40. The van der Waals surface area contributed by atoms with Gasteiger partial charge in [-0.15, -0.1) is 0 Å². The van der Waals surface area contributed by atoms with E-state index in [-0.39, 0.29) is 0 Å². The predicted octanol–water partition coefficient (Wildman–Crippen LogP) is 1.48. The smallest absolute Gasteiger partial charge is 0.191 e. The van der Waals surface area contributed by atoms with Gasteiger partial charge in [0.15, 0.2) is 5.96 Å². The summed E-state index contributed by atoms with van der Waals surface area (Å²) in [5, 5.41) is 5.80. The first-order valence-electron chi connectivity index (χ1n) is 7.29. The standard InChI is InChI=1S/C15H21N5S/c1-19-14-5-3-2-4-12(14)13(18-19)6-7-17-15(16)20-8-10-21-11-9-20/h2-5H,6-11H2,1H3,(H2,16,17). The molecule has 1 fully saturated rings. The van der Waals surface area contributed by atoms with Gasteiger partial charge in [0.1, 0.15) is 0 Å². The zero-order valence-electron chi connectivity index (χ0n) is 12.3. The van der Waals surface area contributed by atoms with E-state index in [1.54, 1.807) is 0 Å². The van der Waals surface area contributed by atoms with E-state index in [2.05, 4.69) is 33.2 Å². The Bertz CT molecular complexity index is 643. The van der Waals surface area contributed by atoms with E-state index in [4.69, 9.17) is 5.73 Å². The number of fused-ring (bicyclic) bond motifs is 1. The third-order valence-electron chi connectivity index (χ3n) is 3.79. The van der Waals surface area contributed by atoms with Crippen molar-refractivity contribution < 1.29 is 0 Å². The van der Waals surface area contributed by atoms with Gasteiger partial charge in [0.05, 0.1) is 11.2 Å². The highest BCUT2D eigenvalue weighted by atomic mass is 32.2. The summed E-state index contributed by atoms with van der Waals surface area (Å²) in [5.74, 6) is 2.96. The highest BCUT2D eigenvalue weighted by molar-refractivity contribution is 7.99. The first-order chi connectivity index (χ1) is 10.3. The van der Waals surface area contributed by atoms with Crippen LogP contribution in [0.3, 0.4) is 0 Å². The number of hydrogen-bond acceptors (Lipinski definition) is 3. The number of aryl methyl sites for hydroxylation is 1. The van der Waals surface area contributed by atoms with Crippen molar-refractivity contribution in [1.29, 1.82) is 0 Å². The summed E-state index contributed by atoms with van der Waals surface area (Å²) in [4.78, 5) is 6.69. The average Bonchev–Trinajstić information content (AvgIpc) is 2.85. The maximum Gasteiger partial charge on any atom is 0.191 e. The maximum absolute atomic E-state index is 6.07. The van der Waals surface area contributed by atoms with Crippen molar-refractivity contribution in [2.75, 3.05) is 31.1 Å². The van der Waals surface area contributed by atoms with Crippen LogP contribution >= 0.6 is 11.8 Å². The number of aliphatic imine (C=N–C) groups is 1. The number of nitrogens with two attached hydrogens (primary N) is 1. The molecular formula is C15H21N5S. The Balaban J connectivity index is 1.66. The lowest BCUT2D eigenvalue weighted by Crippen LogP contribution is -2.42. The van der Waals surface area contributed by atoms with E-state index in [1.165, 1.54) is 5.39 Å². The van der Waals surface area contributed by atoms with Gasteiger partial charge in [-0.2, -0.15) is 16.9 Å². The van der Waals surface area contributed by atoms with E-state index in [9.17, 15) is 0 Å². The van der Waals surface area contributed by atoms with E-state index in [0.717, 1.165) is 42.2 Å². The van der Waals surface area contributed by atoms with Crippen molar-refractivity contribution >= 4 is 28.6 Å². The third-order valence-corrected chi connectivity index (χ3v) is 4.73. The molecule has 1 aliphatic heterocycles. The van der Waals surface area contributed by atoms with Gasteiger partial charge in [-0.25, -0.2) is 0 Å². The fourth-order valence-electron chi connectivity index (χ4n) is 2.64. The summed E-state index contributed by atoms with van der Waals surface area (Å²) in [6.07, 6.45) is 0.824. The van der Waals surface area contributed by atoms with Crippen LogP contribution in [0.15, 0.2) is 29.3 Å². The van der Waals surface area contributed by atoms with Gasteiger partial charge in [-0.05, 0) is 6.07 Å². The molecular weight excluding hydrogens is 282 g/mol. The maximum atomic E-state index is 6.07. The number of nitrogens with zero attached hydrogens (tertiary/aromatic N) is 4. The first kappa shape index (κ1) is 14.3. The largest absolute Gasteiger partial charge is 0.370 e. The number of benzene rings is 1. The molecule has 112 valence electrons. The Kier molecular flexibility index (Phi) is 4.34. The lowest BCUT2D eigenvalue weighted by atomic mass is 10.2. The molecule has 1 aromatic heterocycles. The summed E-state index contributed by atoms with van der Waals surface area (Å²) < 4.78 is 1.93. The summed E-state index contributed by atoms with van der Waals surface area (Å²) in [6, 6.07) is 8.30. The molecule has 5 nitrogen and oxygen atoms in total. The Morgan fingerprint density at radius 1 is 1.33 bits per heavy atom. The van der Waals surface area contributed by atoms with Gasteiger partial charge in [0, 0.05) is 50.0 Å². The molecule has 6 heteroatoms. The molecule has 2 N–H and O–H groups in total. The second-order valence-electron chi connectivity index (χ2n) is 5.18. The normalized spacial score (nSPS) is 16.6. The van der Waals surface area contributed by atoms with Crippen LogP contribution in [0.25, 0.3) is 10.9 Å². The highest BCUT2D eigenvalue weighted by Gasteiger charge is 2.12. The van der Waals surface area contributed by atoms with Crippen molar-refractivity contribution in [2.45, 2.75) is 6.42 Å². The fourth-order valence-corrected chi connectivity index (χ4v) is 3.55. The molecule has 0 radical (unpaired) electrons. The molecule has 0 saturated carbocycles. The van der Waals surface area contributed by atoms with Gasteiger partial charge >= 0.3 is 0 Å². The number of thioether (sulfide) groups is 1. The monoisotopic (exact) mass is 303 g/mol. The number of hydrogen-bond donors (Lipinski definition) is 1. The van der Waals surface area contributed by atoms with Gasteiger partial charge in [-0.1, -0.05) is 18.2 Å². The molecule has 0 spiro atoms. The predicted molar refractivity (Wildman–Crippen MR) is 89.8 cm³/mol. The highest BCUT2D eigenvalue weighted by Crippen LogP contribution is 2.17. The molecule has 0 atom stereocenters. The van der Waals surface area contributed by atoms with E-state index in [1.807, 2.05) is 29.6 Å². The van der Waals surface area contributed by atoms with Crippen molar-refractivity contribution in [3.05, 3.63) is 30.0 Å². The van der Waals surface area contributed by atoms with Gasteiger partial charge in [-0.3, -0.25) is 9.67 Å². The molecule has 0 bridgehead atoms. The third kappa shape index (κ3) is 3.15. The van der Waals surface area contributed by atoms with Gasteiger partial charge in [0.25, 0.3) is 0 Å². The molecule has 3 rings (SSSR count). The molecule has 2 aromatic rings. The molecule has 0 unspecified atom stereocenters. The molecule has 2 heterocycles. The van der Waals surface area contributed by atoms with Gasteiger partial charge in [0.2, 0.25) is 0 Å². The van der Waals surface area contributed by atoms with Crippen molar-refractivity contribution in [3.8, 4) is 0 Å². The topological polar surface area (TPSA) is 59.4 Å². The quantitative estimate of drug-likeness (QED) is 0.689. The molecule has 1 aromatic carbocycles. The summed E-state index contributed by atoms with van der Waals surface area (Å²) in [6.45, 7) is 2.70. The lowest BCUT2D eigenvalue weighted by Gasteiger charge is -2.27. The van der Waals surface area contributed by atoms with Crippen LogP contribution in [0.1, 0.15) is 5.69 Å². The van der Waals surface area contributed by atoms with Crippen LogP contribution in [-0.2, 0) is 13.5 Å². The Morgan fingerprint density at radius 3 is 2.90 bits per heavy atom. The number of rotatable bonds is 3. The Labute approximate surface area is 129 Å². The number of aromatic nitrogens is 2. The van der Waals surface area contributed by atoms with E-state index < -0.39 is 0 Å². The van der Waals surface area contributed by atoms with Crippen LogP contribution in [0.5, 0.6) is 0 Å². The molecule has 1 aliphatic rings. The van der Waals surface area contributed by atoms with Crippen LogP contribution in [-0.4, -0.2) is 51.8 Å². The number of guanidine groups is 1. The van der Waals surface area contributed by atoms with Crippen molar-refractivity contribution in [3.63, 3.8) is 0 Å². The summed E-state index contributed by atoms with van der Waals surface area (Å²) in [7, 11) is 1.98. The SMILES string of the molecule is Cn1nc(CCN=C(N)N2CCSCC2)c2ccccc21. The minimum atomic E-state index is 0.676. The van der Waals surface area contributed by atoms with Crippen LogP contribution in [0.4, 0.5) is 0 Å². The zero-order chi connectivity index (χ0) is 14.7. The van der Waals surface area contributed by atoms with Crippen LogP contribution in [0.2, 0.25) is 0 Å². The van der Waals surface area contributed by atoms with Crippen molar-refractivity contribution in [1.82, 2.24) is 14.7 Å². The van der Waals surface area contributed by atoms with Crippen LogP contribution < -0.4 is 5.73 Å². The number of para-hydroxylation sites is 1. The van der Waals surface area contributed by atoms with Gasteiger partial charge < -0.3 is 10.6 Å². The van der Waals surface area contributed by atoms with Crippen molar-refractivity contribution in [2.24, 2.45) is 17.8 Å². The van der Waals surface area contributed by atoms with E-state index in [0.29, 0.717) is 12.5 Å². The van der Waals surface area contributed by atoms with Crippen LogP contribution in [0, 0.1) is 0 Å². The fraction of sp³-hybridized carbons (Fsp3) is 0.467. The second kappa shape index (κ2) is 6.39.